The number of hydrogen-bond donors (Lipinski definition) is 1. The number of unbranched alkanes of at least 4 members (excludes halogenated alkanes) is 1. The van der Waals surface area contributed by atoms with Gasteiger partial charge in [0.05, 0.1) is 0 Å². The Balaban J connectivity index is 1.58. The van der Waals surface area contributed by atoms with Crippen molar-refractivity contribution in [3.8, 4) is 22.5 Å². The lowest BCUT2D eigenvalue weighted by Crippen LogP contribution is -2.48. The van der Waals surface area contributed by atoms with Crippen LogP contribution in [0, 0.1) is 5.92 Å². The Hall–Kier alpha value is -4.33. The highest BCUT2D eigenvalue weighted by molar-refractivity contribution is 5.85. The molecule has 0 fully saturated rings. The van der Waals surface area contributed by atoms with Crippen molar-refractivity contribution in [2.24, 2.45) is 5.92 Å². The molecule has 0 unspecified atom stereocenters. The maximum Gasteiger partial charge on any atom is 0.329 e. The normalized spacial score (nSPS) is 12.5. The van der Waals surface area contributed by atoms with E-state index in [1.807, 2.05) is 92.7 Å². The molecule has 4 aromatic rings. The number of hydrogen-bond acceptors (Lipinski definition) is 6. The van der Waals surface area contributed by atoms with Crippen molar-refractivity contribution in [3.63, 3.8) is 0 Å². The van der Waals surface area contributed by atoms with E-state index < -0.39 is 6.04 Å². The molecule has 40 heavy (non-hydrogen) atoms. The van der Waals surface area contributed by atoms with Gasteiger partial charge in [-0.05, 0) is 39.8 Å². The van der Waals surface area contributed by atoms with Crippen LogP contribution >= 0.6 is 0 Å². The van der Waals surface area contributed by atoms with Crippen LogP contribution in [-0.4, -0.2) is 43.4 Å². The fourth-order valence-electron chi connectivity index (χ4n) is 4.71. The highest BCUT2D eigenvalue weighted by atomic mass is 16.5. The third-order valence-corrected chi connectivity index (χ3v) is 7.18. The zero-order valence-corrected chi connectivity index (χ0v) is 23.4. The van der Waals surface area contributed by atoms with E-state index in [4.69, 9.17) is 4.74 Å². The minimum Gasteiger partial charge on any atom is -0.459 e. The standard InChI is InChI=1S/C32H37N5O3/c1-4-6-16-29(38)37(30(23(3)5-2)32(39)40-22-25-12-8-7-9-13-25)21-24-17-19-26(20-18-24)27-14-10-11-15-28(27)31-33-35-36-34-31/h7-15,17-20,23,30H,4-6,16,21-22H2,1-3H3,(H,33,34,35,36)/t23-,30-/m0/s1. The molecule has 2 atom stereocenters. The van der Waals surface area contributed by atoms with E-state index >= 15 is 0 Å². The molecular formula is C32H37N5O3. The summed E-state index contributed by atoms with van der Waals surface area (Å²) in [7, 11) is 0. The average Bonchev–Trinajstić information content (AvgIpc) is 3.54. The zero-order chi connectivity index (χ0) is 28.3. The molecule has 0 saturated carbocycles. The Bertz CT molecular complexity index is 1360. The van der Waals surface area contributed by atoms with Crippen molar-refractivity contribution >= 4 is 11.9 Å². The quantitative estimate of drug-likeness (QED) is 0.203. The first-order valence-electron chi connectivity index (χ1n) is 13.9. The second kappa shape index (κ2) is 14.2. The number of aromatic amines is 1. The number of esters is 1. The first kappa shape index (κ1) is 28.7. The minimum absolute atomic E-state index is 0.0321. The highest BCUT2D eigenvalue weighted by Crippen LogP contribution is 2.30. The summed E-state index contributed by atoms with van der Waals surface area (Å²) in [5.41, 5.74) is 4.70. The predicted molar refractivity (Wildman–Crippen MR) is 155 cm³/mol. The van der Waals surface area contributed by atoms with E-state index in [9.17, 15) is 9.59 Å². The van der Waals surface area contributed by atoms with Crippen molar-refractivity contribution in [2.45, 2.75) is 65.6 Å². The number of nitrogens with one attached hydrogen (secondary N) is 1. The van der Waals surface area contributed by atoms with Gasteiger partial charge in [0.1, 0.15) is 12.6 Å². The van der Waals surface area contributed by atoms with Gasteiger partial charge in [-0.1, -0.05) is 112 Å². The molecule has 1 heterocycles. The van der Waals surface area contributed by atoms with Crippen molar-refractivity contribution in [1.82, 2.24) is 25.5 Å². The van der Waals surface area contributed by atoms with Crippen molar-refractivity contribution < 1.29 is 14.3 Å². The molecule has 1 N–H and O–H groups in total. The molecule has 0 aliphatic heterocycles. The van der Waals surface area contributed by atoms with E-state index in [0.29, 0.717) is 18.8 Å². The summed E-state index contributed by atoms with van der Waals surface area (Å²) >= 11 is 0. The number of aromatic nitrogens is 4. The number of carbonyl (C=O) groups is 2. The molecule has 0 aliphatic rings. The van der Waals surface area contributed by atoms with Gasteiger partial charge in [0.15, 0.2) is 0 Å². The minimum atomic E-state index is -0.670. The number of benzene rings is 3. The molecule has 208 valence electrons. The summed E-state index contributed by atoms with van der Waals surface area (Å²) in [5, 5.41) is 14.5. The van der Waals surface area contributed by atoms with Crippen LogP contribution in [0.25, 0.3) is 22.5 Å². The maximum atomic E-state index is 13.5. The number of nitrogens with zero attached hydrogens (tertiary/aromatic N) is 4. The Morgan fingerprint density at radius 1 is 0.900 bits per heavy atom. The van der Waals surface area contributed by atoms with E-state index in [1.165, 1.54) is 0 Å². The van der Waals surface area contributed by atoms with Gasteiger partial charge >= 0.3 is 5.97 Å². The largest absolute Gasteiger partial charge is 0.459 e. The van der Waals surface area contributed by atoms with Gasteiger partial charge in [0.25, 0.3) is 0 Å². The third-order valence-electron chi connectivity index (χ3n) is 7.18. The molecule has 1 amide bonds. The number of amides is 1. The molecule has 0 saturated heterocycles. The lowest BCUT2D eigenvalue weighted by Gasteiger charge is -2.34. The van der Waals surface area contributed by atoms with Gasteiger partial charge in [0.2, 0.25) is 11.7 Å². The number of carbonyl (C=O) groups excluding carboxylic acids is 2. The third kappa shape index (κ3) is 7.20. The van der Waals surface area contributed by atoms with Gasteiger partial charge in [0, 0.05) is 18.5 Å². The Morgan fingerprint density at radius 2 is 1.60 bits per heavy atom. The second-order valence-electron chi connectivity index (χ2n) is 10.0. The molecule has 8 heteroatoms. The summed E-state index contributed by atoms with van der Waals surface area (Å²) in [6, 6.07) is 24.9. The smallest absolute Gasteiger partial charge is 0.329 e. The van der Waals surface area contributed by atoms with Crippen LogP contribution in [0.1, 0.15) is 57.6 Å². The lowest BCUT2D eigenvalue weighted by molar-refractivity contribution is -0.159. The predicted octanol–water partition coefficient (Wildman–Crippen LogP) is 6.21. The van der Waals surface area contributed by atoms with Crippen LogP contribution in [0.4, 0.5) is 0 Å². The Labute approximate surface area is 235 Å². The number of tetrazole rings is 1. The van der Waals surface area contributed by atoms with Crippen LogP contribution < -0.4 is 0 Å². The van der Waals surface area contributed by atoms with Gasteiger partial charge in [-0.15, -0.1) is 10.2 Å². The van der Waals surface area contributed by atoms with Crippen molar-refractivity contribution in [1.29, 1.82) is 0 Å². The molecule has 3 aromatic carbocycles. The van der Waals surface area contributed by atoms with E-state index in [-0.39, 0.29) is 24.4 Å². The maximum absolute atomic E-state index is 13.5. The van der Waals surface area contributed by atoms with Gasteiger partial charge < -0.3 is 9.64 Å². The fourth-order valence-corrected chi connectivity index (χ4v) is 4.71. The SMILES string of the molecule is CCCCC(=O)N(Cc1ccc(-c2ccccc2-c2nn[nH]n2)cc1)[C@H](C(=O)OCc1ccccc1)[C@@H](C)CC. The second-order valence-corrected chi connectivity index (χ2v) is 10.0. The summed E-state index contributed by atoms with van der Waals surface area (Å²) in [5.74, 6) is 0.0665. The highest BCUT2D eigenvalue weighted by Gasteiger charge is 2.34. The van der Waals surface area contributed by atoms with Gasteiger partial charge in [-0.3, -0.25) is 4.79 Å². The van der Waals surface area contributed by atoms with Crippen molar-refractivity contribution in [3.05, 3.63) is 90.0 Å². The molecule has 4 rings (SSSR count). The van der Waals surface area contributed by atoms with Crippen LogP contribution in [0.2, 0.25) is 0 Å². The molecule has 1 aromatic heterocycles. The summed E-state index contributed by atoms with van der Waals surface area (Å²) in [4.78, 5) is 28.7. The molecule has 0 radical (unpaired) electrons. The Morgan fingerprint density at radius 3 is 2.25 bits per heavy atom. The van der Waals surface area contributed by atoms with Crippen LogP contribution in [0.15, 0.2) is 78.9 Å². The number of H-pyrrole nitrogens is 1. The summed E-state index contributed by atoms with van der Waals surface area (Å²) in [6.45, 7) is 6.60. The van der Waals surface area contributed by atoms with E-state index in [1.54, 1.807) is 4.90 Å². The number of ether oxygens (including phenoxy) is 1. The molecule has 8 nitrogen and oxygen atoms in total. The summed E-state index contributed by atoms with van der Waals surface area (Å²) in [6.07, 6.45) is 2.81. The molecule has 0 aliphatic carbocycles. The first-order chi connectivity index (χ1) is 19.5. The van der Waals surface area contributed by atoms with Crippen LogP contribution in [0.5, 0.6) is 0 Å². The molecular weight excluding hydrogens is 502 g/mol. The van der Waals surface area contributed by atoms with Gasteiger partial charge in [-0.25, -0.2) is 4.79 Å². The summed E-state index contributed by atoms with van der Waals surface area (Å²) < 4.78 is 5.76. The average molecular weight is 540 g/mol. The fraction of sp³-hybridized carbons (Fsp3) is 0.344. The zero-order valence-electron chi connectivity index (χ0n) is 23.4. The number of rotatable bonds is 13. The monoisotopic (exact) mass is 539 g/mol. The van der Waals surface area contributed by atoms with Gasteiger partial charge in [-0.2, -0.15) is 5.21 Å². The topological polar surface area (TPSA) is 101 Å². The van der Waals surface area contributed by atoms with Crippen LogP contribution in [0.3, 0.4) is 0 Å². The molecule has 0 spiro atoms. The first-order valence-corrected chi connectivity index (χ1v) is 13.9. The van der Waals surface area contributed by atoms with Crippen LogP contribution in [-0.2, 0) is 27.5 Å². The molecule has 0 bridgehead atoms. The van der Waals surface area contributed by atoms with E-state index in [0.717, 1.165) is 47.1 Å². The lowest BCUT2D eigenvalue weighted by atomic mass is 9.95. The van der Waals surface area contributed by atoms with Crippen molar-refractivity contribution in [2.75, 3.05) is 0 Å². The Kier molecular flexibility index (Phi) is 10.2. The van der Waals surface area contributed by atoms with E-state index in [2.05, 4.69) is 27.5 Å².